The van der Waals surface area contributed by atoms with Gasteiger partial charge in [0.15, 0.2) is 11.9 Å². The van der Waals surface area contributed by atoms with Crippen LogP contribution in [0.2, 0.25) is 0 Å². The van der Waals surface area contributed by atoms with Crippen molar-refractivity contribution in [1.82, 2.24) is 5.32 Å². The highest BCUT2D eigenvalue weighted by atomic mass is 16.5. The van der Waals surface area contributed by atoms with Crippen molar-refractivity contribution in [2.24, 2.45) is 0 Å². The van der Waals surface area contributed by atoms with Crippen LogP contribution in [0.25, 0.3) is 0 Å². The van der Waals surface area contributed by atoms with Gasteiger partial charge in [-0.25, -0.2) is 0 Å². The number of carbonyl (C=O) groups is 4. The van der Waals surface area contributed by atoms with Gasteiger partial charge in [-0.1, -0.05) is 42.5 Å². The van der Waals surface area contributed by atoms with E-state index in [4.69, 9.17) is 4.74 Å². The summed E-state index contributed by atoms with van der Waals surface area (Å²) in [6.45, 7) is 4.26. The summed E-state index contributed by atoms with van der Waals surface area (Å²) in [7, 11) is 0. The van der Waals surface area contributed by atoms with Gasteiger partial charge in [-0.3, -0.25) is 19.2 Å². The summed E-state index contributed by atoms with van der Waals surface area (Å²) in [5.41, 5.74) is 1.66. The predicted molar refractivity (Wildman–Crippen MR) is 108 cm³/mol. The second-order valence-electron chi connectivity index (χ2n) is 6.63. The number of anilines is 1. The van der Waals surface area contributed by atoms with E-state index < -0.39 is 24.0 Å². The summed E-state index contributed by atoms with van der Waals surface area (Å²) in [4.78, 5) is 47.6. The normalized spacial score (nSPS) is 12.4. The van der Waals surface area contributed by atoms with E-state index >= 15 is 0 Å². The zero-order valence-corrected chi connectivity index (χ0v) is 16.6. The van der Waals surface area contributed by atoms with E-state index in [1.807, 2.05) is 6.07 Å². The van der Waals surface area contributed by atoms with Gasteiger partial charge in [0, 0.05) is 18.2 Å². The minimum absolute atomic E-state index is 0.110. The number of ether oxygens (including phenoxy) is 1. The Bertz CT molecular complexity index is 895. The Balaban J connectivity index is 1.97. The second kappa shape index (κ2) is 10.2. The lowest BCUT2D eigenvalue weighted by Crippen LogP contribution is -2.33. The number of benzene rings is 2. The van der Waals surface area contributed by atoms with Crippen LogP contribution in [0.15, 0.2) is 54.6 Å². The maximum atomic E-state index is 12.3. The largest absolute Gasteiger partial charge is 0.452 e. The number of esters is 1. The summed E-state index contributed by atoms with van der Waals surface area (Å²) >= 11 is 0. The maximum Gasteiger partial charge on any atom is 0.309 e. The van der Waals surface area contributed by atoms with E-state index in [1.165, 1.54) is 20.8 Å². The minimum atomic E-state index is -1.04. The van der Waals surface area contributed by atoms with Crippen LogP contribution < -0.4 is 10.6 Å². The fourth-order valence-electron chi connectivity index (χ4n) is 2.71. The molecule has 0 heterocycles. The standard InChI is InChI=1S/C22H24N2O5/c1-14(25)18-10-7-11-19(12-18)24-22(28)15(2)29-21(27)13-20(23-16(3)26)17-8-5-4-6-9-17/h4-12,15,20H,13H2,1-3H3,(H,23,26)(H,24,28)/t15-,20-/m0/s1. The highest BCUT2D eigenvalue weighted by Gasteiger charge is 2.22. The van der Waals surface area contributed by atoms with Gasteiger partial charge in [0.25, 0.3) is 5.91 Å². The van der Waals surface area contributed by atoms with Crippen LogP contribution in [0.4, 0.5) is 5.69 Å². The van der Waals surface area contributed by atoms with Crippen molar-refractivity contribution in [2.75, 3.05) is 5.32 Å². The minimum Gasteiger partial charge on any atom is -0.452 e. The monoisotopic (exact) mass is 396 g/mol. The van der Waals surface area contributed by atoms with Gasteiger partial charge in [-0.05, 0) is 31.5 Å². The van der Waals surface area contributed by atoms with Crippen LogP contribution in [0.3, 0.4) is 0 Å². The number of nitrogens with one attached hydrogen (secondary N) is 2. The van der Waals surface area contributed by atoms with Crippen molar-refractivity contribution in [3.8, 4) is 0 Å². The first-order valence-electron chi connectivity index (χ1n) is 9.19. The number of Topliss-reactive ketones (excluding diaryl/α,β-unsaturated/α-hetero) is 1. The molecule has 0 saturated heterocycles. The van der Waals surface area contributed by atoms with E-state index in [0.717, 1.165) is 5.56 Å². The molecule has 2 amide bonds. The molecule has 0 aromatic heterocycles. The molecule has 29 heavy (non-hydrogen) atoms. The van der Waals surface area contributed by atoms with E-state index in [0.29, 0.717) is 11.3 Å². The molecule has 0 saturated carbocycles. The summed E-state index contributed by atoms with van der Waals surface area (Å²) in [6.07, 6.45) is -1.15. The maximum absolute atomic E-state index is 12.3. The van der Waals surface area contributed by atoms with Gasteiger partial charge in [-0.15, -0.1) is 0 Å². The lowest BCUT2D eigenvalue weighted by atomic mass is 10.0. The van der Waals surface area contributed by atoms with E-state index in [1.54, 1.807) is 48.5 Å². The average molecular weight is 396 g/mol. The zero-order chi connectivity index (χ0) is 21.4. The van der Waals surface area contributed by atoms with Crippen molar-refractivity contribution in [3.63, 3.8) is 0 Å². The van der Waals surface area contributed by atoms with Gasteiger partial charge in [0.2, 0.25) is 5.91 Å². The van der Waals surface area contributed by atoms with Gasteiger partial charge in [-0.2, -0.15) is 0 Å². The molecule has 2 aromatic carbocycles. The smallest absolute Gasteiger partial charge is 0.309 e. The molecular formula is C22H24N2O5. The number of ketones is 1. The third-order valence-corrected chi connectivity index (χ3v) is 4.16. The van der Waals surface area contributed by atoms with Crippen LogP contribution in [-0.4, -0.2) is 29.7 Å². The molecule has 0 bridgehead atoms. The van der Waals surface area contributed by atoms with Crippen LogP contribution in [-0.2, 0) is 19.1 Å². The molecule has 0 aliphatic heterocycles. The quantitative estimate of drug-likeness (QED) is 0.528. The summed E-state index contributed by atoms with van der Waals surface area (Å²) in [5.74, 6) is -1.53. The van der Waals surface area contributed by atoms with Gasteiger partial charge in [0.1, 0.15) is 0 Å². The Labute approximate surface area is 169 Å². The highest BCUT2D eigenvalue weighted by molar-refractivity contribution is 5.98. The van der Waals surface area contributed by atoms with Gasteiger partial charge < -0.3 is 15.4 Å². The number of amides is 2. The van der Waals surface area contributed by atoms with Gasteiger partial charge in [0.05, 0.1) is 12.5 Å². The molecule has 2 atom stereocenters. The first kappa shape index (κ1) is 21.8. The summed E-state index contributed by atoms with van der Waals surface area (Å²) < 4.78 is 5.23. The fraction of sp³-hybridized carbons (Fsp3) is 0.273. The Kier molecular flexibility index (Phi) is 7.65. The molecule has 7 heteroatoms. The molecule has 2 N–H and O–H groups in total. The molecule has 7 nitrogen and oxygen atoms in total. The molecule has 2 aromatic rings. The average Bonchev–Trinajstić information content (AvgIpc) is 2.67. The molecule has 0 spiro atoms. The van der Waals surface area contributed by atoms with Crippen LogP contribution in [0, 0.1) is 0 Å². The van der Waals surface area contributed by atoms with Crippen molar-refractivity contribution in [2.45, 2.75) is 39.3 Å². The third-order valence-electron chi connectivity index (χ3n) is 4.16. The van der Waals surface area contributed by atoms with Crippen molar-refractivity contribution < 1.29 is 23.9 Å². The Morgan fingerprint density at radius 3 is 2.28 bits per heavy atom. The number of hydrogen-bond acceptors (Lipinski definition) is 5. The number of rotatable bonds is 8. The Hall–Kier alpha value is -3.48. The highest BCUT2D eigenvalue weighted by Crippen LogP contribution is 2.18. The van der Waals surface area contributed by atoms with E-state index in [2.05, 4.69) is 10.6 Å². The molecule has 2 rings (SSSR count). The number of hydrogen-bond donors (Lipinski definition) is 2. The molecule has 0 radical (unpaired) electrons. The van der Waals surface area contributed by atoms with Gasteiger partial charge >= 0.3 is 5.97 Å². The molecule has 0 unspecified atom stereocenters. The van der Waals surface area contributed by atoms with Crippen LogP contribution in [0.5, 0.6) is 0 Å². The molecule has 152 valence electrons. The first-order valence-corrected chi connectivity index (χ1v) is 9.19. The molecule has 0 fully saturated rings. The molecular weight excluding hydrogens is 372 g/mol. The Morgan fingerprint density at radius 1 is 0.966 bits per heavy atom. The van der Waals surface area contributed by atoms with Crippen molar-refractivity contribution >= 4 is 29.3 Å². The van der Waals surface area contributed by atoms with E-state index in [-0.39, 0.29) is 18.1 Å². The molecule has 0 aliphatic rings. The number of carbonyl (C=O) groups excluding carboxylic acids is 4. The van der Waals surface area contributed by atoms with Crippen LogP contribution >= 0.6 is 0 Å². The SMILES string of the molecule is CC(=O)N[C@@H](CC(=O)O[C@@H](C)C(=O)Nc1cccc(C(C)=O)c1)c1ccccc1. The summed E-state index contributed by atoms with van der Waals surface area (Å²) in [5, 5.41) is 5.34. The fourth-order valence-corrected chi connectivity index (χ4v) is 2.71. The van der Waals surface area contributed by atoms with E-state index in [9.17, 15) is 19.2 Å². The van der Waals surface area contributed by atoms with Crippen molar-refractivity contribution in [1.29, 1.82) is 0 Å². The Morgan fingerprint density at radius 2 is 1.66 bits per heavy atom. The predicted octanol–water partition coefficient (Wildman–Crippen LogP) is 3.03. The summed E-state index contributed by atoms with van der Waals surface area (Å²) in [6, 6.07) is 15.0. The molecule has 0 aliphatic carbocycles. The lowest BCUT2D eigenvalue weighted by molar-refractivity contribution is -0.153. The first-order chi connectivity index (χ1) is 13.8. The lowest BCUT2D eigenvalue weighted by Gasteiger charge is -2.19. The topological polar surface area (TPSA) is 102 Å². The van der Waals surface area contributed by atoms with Crippen LogP contribution in [0.1, 0.15) is 49.2 Å². The third kappa shape index (κ3) is 6.88. The van der Waals surface area contributed by atoms with Crippen molar-refractivity contribution in [3.05, 3.63) is 65.7 Å². The second-order valence-corrected chi connectivity index (χ2v) is 6.63. The zero-order valence-electron chi connectivity index (χ0n) is 16.6.